The van der Waals surface area contributed by atoms with Gasteiger partial charge in [0.1, 0.15) is 10.8 Å². The Kier molecular flexibility index (Phi) is 2.83. The summed E-state index contributed by atoms with van der Waals surface area (Å²) in [5.74, 6) is 0. The molecule has 3 aromatic rings. The van der Waals surface area contributed by atoms with Crippen LogP contribution >= 0.6 is 11.8 Å². The van der Waals surface area contributed by atoms with E-state index in [0.29, 0.717) is 5.03 Å². The van der Waals surface area contributed by atoms with Crippen molar-refractivity contribution >= 4 is 22.8 Å². The maximum atomic E-state index is 12.2. The molecule has 0 aliphatic carbocycles. The molecule has 0 radical (unpaired) electrons. The highest BCUT2D eigenvalue weighted by atomic mass is 32.2. The SMILES string of the molecule is O=c1[nH]c2ccccc2[n+]2c1SC(c1ccccc1)C2O. The van der Waals surface area contributed by atoms with Crippen molar-refractivity contribution in [3.63, 3.8) is 0 Å². The number of thioether (sulfide) groups is 1. The van der Waals surface area contributed by atoms with Crippen molar-refractivity contribution in [2.45, 2.75) is 16.5 Å². The molecule has 0 saturated heterocycles. The van der Waals surface area contributed by atoms with Crippen LogP contribution in [0.5, 0.6) is 0 Å². The molecule has 2 N–H and O–H groups in total. The van der Waals surface area contributed by atoms with Crippen LogP contribution in [0.1, 0.15) is 17.0 Å². The van der Waals surface area contributed by atoms with Crippen LogP contribution in [0, 0.1) is 0 Å². The van der Waals surface area contributed by atoms with Crippen molar-refractivity contribution in [2.75, 3.05) is 0 Å². The molecule has 2 atom stereocenters. The summed E-state index contributed by atoms with van der Waals surface area (Å²) in [6, 6.07) is 17.3. The van der Waals surface area contributed by atoms with Gasteiger partial charge >= 0.3 is 10.6 Å². The van der Waals surface area contributed by atoms with Gasteiger partial charge in [0.2, 0.25) is 5.52 Å². The molecular weight excluding hydrogens is 284 g/mol. The number of hydrogen-bond donors (Lipinski definition) is 2. The molecule has 4 rings (SSSR count). The van der Waals surface area contributed by atoms with Crippen LogP contribution in [0.2, 0.25) is 0 Å². The summed E-state index contributed by atoms with van der Waals surface area (Å²) in [7, 11) is 0. The Hall–Kier alpha value is -2.11. The molecule has 0 fully saturated rings. The number of fused-ring (bicyclic) bond motifs is 3. The number of para-hydroxylation sites is 2. The van der Waals surface area contributed by atoms with Gasteiger partial charge in [-0.2, -0.15) is 4.57 Å². The smallest absolute Gasteiger partial charge is 0.328 e. The first-order chi connectivity index (χ1) is 10.3. The minimum atomic E-state index is -0.750. The number of rotatable bonds is 1. The zero-order valence-corrected chi connectivity index (χ0v) is 11.9. The van der Waals surface area contributed by atoms with Gasteiger partial charge in [-0.25, -0.2) is 0 Å². The van der Waals surface area contributed by atoms with Crippen LogP contribution < -0.4 is 10.1 Å². The predicted octanol–water partition coefficient (Wildman–Crippen LogP) is 2.15. The van der Waals surface area contributed by atoms with E-state index in [1.807, 2.05) is 54.6 Å². The predicted molar refractivity (Wildman–Crippen MR) is 81.1 cm³/mol. The van der Waals surface area contributed by atoms with E-state index in [1.54, 1.807) is 4.57 Å². The summed E-state index contributed by atoms with van der Waals surface area (Å²) in [4.78, 5) is 15.1. The van der Waals surface area contributed by atoms with Crippen LogP contribution in [0.15, 0.2) is 64.4 Å². The Morgan fingerprint density at radius 1 is 1.05 bits per heavy atom. The molecule has 0 spiro atoms. The Morgan fingerprint density at radius 2 is 1.76 bits per heavy atom. The second kappa shape index (κ2) is 4.72. The lowest BCUT2D eigenvalue weighted by Gasteiger charge is -2.09. The maximum Gasteiger partial charge on any atom is 0.328 e. The van der Waals surface area contributed by atoms with Gasteiger partial charge in [-0.3, -0.25) is 4.79 Å². The fourth-order valence-corrected chi connectivity index (χ4v) is 4.01. The molecule has 0 amide bonds. The van der Waals surface area contributed by atoms with Crippen LogP contribution in [-0.2, 0) is 0 Å². The molecule has 2 unspecified atom stereocenters. The number of H-pyrrole nitrogens is 1. The normalized spacial score (nSPS) is 20.6. The Morgan fingerprint density at radius 3 is 2.57 bits per heavy atom. The van der Waals surface area contributed by atoms with Crippen molar-refractivity contribution in [3.8, 4) is 0 Å². The zero-order chi connectivity index (χ0) is 14.4. The third-order valence-electron chi connectivity index (χ3n) is 3.73. The standard InChI is InChI=1S/C16H12N2O2S/c19-14-16-18(12-9-5-4-8-11(12)17-14)15(20)13(21-16)10-6-2-1-3-7-10/h1-9,13,15,20H/p+1. The van der Waals surface area contributed by atoms with Crippen LogP contribution in [0.4, 0.5) is 0 Å². The second-order valence-electron chi connectivity index (χ2n) is 5.01. The molecule has 1 aromatic heterocycles. The van der Waals surface area contributed by atoms with E-state index in [-0.39, 0.29) is 10.8 Å². The van der Waals surface area contributed by atoms with Crippen molar-refractivity contribution < 1.29 is 9.67 Å². The zero-order valence-electron chi connectivity index (χ0n) is 11.1. The Balaban J connectivity index is 1.93. The lowest BCUT2D eigenvalue weighted by molar-refractivity contribution is -0.764. The molecule has 4 nitrogen and oxygen atoms in total. The van der Waals surface area contributed by atoms with Gasteiger partial charge < -0.3 is 10.1 Å². The maximum absolute atomic E-state index is 12.2. The first kappa shape index (κ1) is 12.6. The molecule has 0 saturated carbocycles. The first-order valence-corrected chi connectivity index (χ1v) is 7.60. The van der Waals surface area contributed by atoms with Gasteiger partial charge in [0.15, 0.2) is 0 Å². The minimum Gasteiger partial charge on any atom is -0.336 e. The number of aliphatic hydroxyl groups excluding tert-OH is 1. The summed E-state index contributed by atoms with van der Waals surface area (Å²) in [6.07, 6.45) is -0.750. The largest absolute Gasteiger partial charge is 0.336 e. The number of nitrogens with one attached hydrogen (secondary N) is 1. The van der Waals surface area contributed by atoms with Gasteiger partial charge in [-0.15, -0.1) is 0 Å². The molecule has 1 aliphatic heterocycles. The molecule has 0 bridgehead atoms. The quantitative estimate of drug-likeness (QED) is 0.677. The number of aromatic amines is 1. The molecule has 5 heteroatoms. The minimum absolute atomic E-state index is 0.156. The van der Waals surface area contributed by atoms with Crippen molar-refractivity contribution in [1.29, 1.82) is 0 Å². The van der Waals surface area contributed by atoms with E-state index in [2.05, 4.69) is 4.98 Å². The van der Waals surface area contributed by atoms with Crippen LogP contribution in [-0.4, -0.2) is 10.1 Å². The van der Waals surface area contributed by atoms with Crippen LogP contribution in [0.25, 0.3) is 11.0 Å². The first-order valence-electron chi connectivity index (χ1n) is 6.72. The molecule has 2 heterocycles. The van der Waals surface area contributed by atoms with E-state index in [1.165, 1.54) is 11.8 Å². The summed E-state index contributed by atoms with van der Waals surface area (Å²) in [5, 5.41) is 11.1. The van der Waals surface area contributed by atoms with Gasteiger partial charge in [0, 0.05) is 6.07 Å². The van der Waals surface area contributed by atoms with Crippen molar-refractivity contribution in [1.82, 2.24) is 4.98 Å². The van der Waals surface area contributed by atoms with E-state index < -0.39 is 6.23 Å². The number of aliphatic hydroxyl groups is 1. The number of aromatic nitrogens is 2. The average molecular weight is 297 g/mol. The summed E-state index contributed by atoms with van der Waals surface area (Å²) >= 11 is 1.41. The third-order valence-corrected chi connectivity index (χ3v) is 5.10. The summed E-state index contributed by atoms with van der Waals surface area (Å²) in [6.45, 7) is 0. The molecular formula is C16H13N2O2S+. The number of hydrogen-bond acceptors (Lipinski definition) is 3. The highest BCUT2D eigenvalue weighted by Gasteiger charge is 2.44. The van der Waals surface area contributed by atoms with E-state index in [9.17, 15) is 9.90 Å². The average Bonchev–Trinajstić information content (AvgIpc) is 2.87. The van der Waals surface area contributed by atoms with Gasteiger partial charge in [0.05, 0.1) is 0 Å². The lowest BCUT2D eigenvalue weighted by Crippen LogP contribution is -2.43. The van der Waals surface area contributed by atoms with E-state index in [4.69, 9.17) is 0 Å². The highest BCUT2D eigenvalue weighted by Crippen LogP contribution is 2.43. The second-order valence-corrected chi connectivity index (χ2v) is 6.14. The fraction of sp³-hybridized carbons (Fsp3) is 0.125. The van der Waals surface area contributed by atoms with Gasteiger partial charge in [0.25, 0.3) is 6.23 Å². The van der Waals surface area contributed by atoms with E-state index >= 15 is 0 Å². The highest BCUT2D eigenvalue weighted by molar-refractivity contribution is 7.99. The van der Waals surface area contributed by atoms with Gasteiger partial charge in [-0.1, -0.05) is 42.5 Å². The third kappa shape index (κ3) is 1.89. The molecule has 1 aliphatic rings. The van der Waals surface area contributed by atoms with Gasteiger partial charge in [-0.05, 0) is 23.4 Å². The molecule has 104 valence electrons. The summed E-state index contributed by atoms with van der Waals surface area (Å²) < 4.78 is 1.73. The molecule has 21 heavy (non-hydrogen) atoms. The van der Waals surface area contributed by atoms with Crippen LogP contribution in [0.3, 0.4) is 0 Å². The van der Waals surface area contributed by atoms with Crippen molar-refractivity contribution in [3.05, 3.63) is 70.5 Å². The van der Waals surface area contributed by atoms with E-state index in [0.717, 1.165) is 16.6 Å². The van der Waals surface area contributed by atoms with Crippen molar-refractivity contribution in [2.24, 2.45) is 0 Å². The topological polar surface area (TPSA) is 57.0 Å². The Bertz CT molecular complexity index is 876. The monoisotopic (exact) mass is 297 g/mol. The summed E-state index contributed by atoms with van der Waals surface area (Å²) in [5.41, 5.74) is 2.43. The Labute approximate surface area is 125 Å². The number of benzene rings is 2. The lowest BCUT2D eigenvalue weighted by atomic mass is 10.1. The molecule has 2 aromatic carbocycles. The fourth-order valence-electron chi connectivity index (χ4n) is 2.76. The number of nitrogens with zero attached hydrogens (tertiary/aromatic N) is 1.